The molecule has 0 spiro atoms. The van der Waals surface area contributed by atoms with E-state index in [1.165, 1.54) is 12.5 Å². The van der Waals surface area contributed by atoms with Crippen molar-refractivity contribution in [1.29, 1.82) is 0 Å². The van der Waals surface area contributed by atoms with Crippen molar-refractivity contribution in [3.63, 3.8) is 0 Å². The molecule has 2 aromatic heterocycles. The number of fused-ring (bicyclic) bond motifs is 1. The molecule has 1 atom stereocenters. The summed E-state index contributed by atoms with van der Waals surface area (Å²) >= 11 is 0. The molecule has 4 rings (SSSR count). The second kappa shape index (κ2) is 9.16. The highest BCUT2D eigenvalue weighted by molar-refractivity contribution is 5.53. The van der Waals surface area contributed by atoms with Gasteiger partial charge in [-0.1, -0.05) is 0 Å². The summed E-state index contributed by atoms with van der Waals surface area (Å²) in [5.74, 6) is -0.0729. The predicted molar refractivity (Wildman–Crippen MR) is 115 cm³/mol. The Balaban J connectivity index is 1.46. The normalized spacial score (nSPS) is 18.3. The maximum absolute atomic E-state index is 13.4. The topological polar surface area (TPSA) is 93.1 Å². The second-order valence-corrected chi connectivity index (χ2v) is 9.27. The SMILES string of the molecule is COc1ncc(N2CCc3ncnc(OC4CN(C(O)OC(C)(C)C)C4)c3C2)cc1C(F)(F)F. The molecule has 0 radical (unpaired) electrons. The van der Waals surface area contributed by atoms with Crippen LogP contribution in [0.2, 0.25) is 0 Å². The van der Waals surface area contributed by atoms with Crippen LogP contribution in [0, 0.1) is 0 Å². The molecule has 2 aromatic rings. The highest BCUT2D eigenvalue weighted by Crippen LogP contribution is 2.38. The molecular weight excluding hydrogens is 455 g/mol. The molecule has 12 heteroatoms. The van der Waals surface area contributed by atoms with Gasteiger partial charge in [-0.2, -0.15) is 13.2 Å². The maximum atomic E-state index is 13.4. The number of halogens is 3. The van der Waals surface area contributed by atoms with Crippen LogP contribution in [-0.4, -0.2) is 69.8 Å². The molecule has 1 saturated heterocycles. The smallest absolute Gasteiger partial charge is 0.421 e. The fourth-order valence-electron chi connectivity index (χ4n) is 3.89. The van der Waals surface area contributed by atoms with Crippen molar-refractivity contribution in [3.05, 3.63) is 35.4 Å². The van der Waals surface area contributed by atoms with Crippen LogP contribution in [0.4, 0.5) is 18.9 Å². The van der Waals surface area contributed by atoms with Crippen molar-refractivity contribution in [2.75, 3.05) is 31.6 Å². The van der Waals surface area contributed by atoms with E-state index < -0.39 is 29.6 Å². The number of aromatic nitrogens is 3. The van der Waals surface area contributed by atoms with Crippen molar-refractivity contribution in [2.45, 2.75) is 58.0 Å². The summed E-state index contributed by atoms with van der Waals surface area (Å²) in [6.07, 6.45) is -2.50. The molecule has 0 saturated carbocycles. The first-order valence-electron chi connectivity index (χ1n) is 10.9. The van der Waals surface area contributed by atoms with Gasteiger partial charge in [0.05, 0.1) is 42.4 Å². The second-order valence-electron chi connectivity index (χ2n) is 9.27. The van der Waals surface area contributed by atoms with E-state index >= 15 is 0 Å². The fourth-order valence-corrected chi connectivity index (χ4v) is 3.89. The number of ether oxygens (including phenoxy) is 3. The van der Waals surface area contributed by atoms with Gasteiger partial charge in [-0.05, 0) is 26.8 Å². The number of nitrogens with zero attached hydrogens (tertiary/aromatic N) is 5. The van der Waals surface area contributed by atoms with Crippen molar-refractivity contribution < 1.29 is 32.5 Å². The van der Waals surface area contributed by atoms with E-state index in [4.69, 9.17) is 14.2 Å². The van der Waals surface area contributed by atoms with Crippen molar-refractivity contribution in [3.8, 4) is 11.8 Å². The Bertz CT molecular complexity index is 1020. The van der Waals surface area contributed by atoms with E-state index in [2.05, 4.69) is 15.0 Å². The first-order valence-corrected chi connectivity index (χ1v) is 10.9. The van der Waals surface area contributed by atoms with Gasteiger partial charge < -0.3 is 24.2 Å². The minimum Gasteiger partial charge on any atom is -0.481 e. The van der Waals surface area contributed by atoms with Crippen molar-refractivity contribution in [2.24, 2.45) is 0 Å². The van der Waals surface area contributed by atoms with E-state index in [0.717, 1.165) is 24.4 Å². The highest BCUT2D eigenvalue weighted by atomic mass is 19.4. The minimum atomic E-state index is -4.59. The molecule has 1 fully saturated rings. The monoisotopic (exact) mass is 483 g/mol. The summed E-state index contributed by atoms with van der Waals surface area (Å²) in [6, 6.07) is 1.04. The standard InChI is InChI=1S/C22H28F3N5O4/c1-21(2,3)34-20(31)30-9-14(10-30)33-18-15-11-29(6-5-17(15)27-12-28-18)13-7-16(22(23,24)25)19(32-4)26-8-13/h7-8,12,14,20,31H,5-6,9-11H2,1-4H3. The van der Waals surface area contributed by atoms with Gasteiger partial charge in [0, 0.05) is 26.1 Å². The molecule has 1 unspecified atom stereocenters. The number of rotatable bonds is 6. The first kappa shape index (κ1) is 24.4. The minimum absolute atomic E-state index is 0.202. The maximum Gasteiger partial charge on any atom is 0.421 e. The van der Waals surface area contributed by atoms with Crippen molar-refractivity contribution >= 4 is 5.69 Å². The van der Waals surface area contributed by atoms with Gasteiger partial charge in [-0.3, -0.25) is 0 Å². The van der Waals surface area contributed by atoms with Gasteiger partial charge in [-0.15, -0.1) is 0 Å². The van der Waals surface area contributed by atoms with Crippen LogP contribution in [0.3, 0.4) is 0 Å². The van der Waals surface area contributed by atoms with Crippen LogP contribution in [0.5, 0.6) is 11.8 Å². The number of anilines is 1. The zero-order valence-electron chi connectivity index (χ0n) is 19.5. The Kier molecular flexibility index (Phi) is 6.58. The Hall–Kier alpha value is -2.70. The van der Waals surface area contributed by atoms with Gasteiger partial charge in [0.2, 0.25) is 18.2 Å². The number of hydrogen-bond acceptors (Lipinski definition) is 9. The molecule has 1 N–H and O–H groups in total. The average Bonchev–Trinajstić information content (AvgIpc) is 2.73. The Morgan fingerprint density at radius 1 is 1.12 bits per heavy atom. The Morgan fingerprint density at radius 2 is 1.85 bits per heavy atom. The molecule has 0 amide bonds. The summed E-state index contributed by atoms with van der Waals surface area (Å²) in [4.78, 5) is 16.0. The Labute approximate surface area is 195 Å². The number of methoxy groups -OCH3 is 1. The van der Waals surface area contributed by atoms with Crippen LogP contribution in [0.1, 0.15) is 37.6 Å². The summed E-state index contributed by atoms with van der Waals surface area (Å²) in [5.41, 5.74) is 0.438. The molecule has 186 valence electrons. The molecule has 0 aromatic carbocycles. The molecule has 0 bridgehead atoms. The first-order chi connectivity index (χ1) is 15.9. The number of pyridine rings is 1. The lowest BCUT2D eigenvalue weighted by atomic mass is 10.1. The summed E-state index contributed by atoms with van der Waals surface area (Å²) < 4.78 is 56.7. The van der Waals surface area contributed by atoms with Crippen molar-refractivity contribution in [1.82, 2.24) is 19.9 Å². The number of alkyl halides is 3. The molecule has 9 nitrogen and oxygen atoms in total. The lowest BCUT2D eigenvalue weighted by molar-refractivity contribution is -0.265. The third-order valence-electron chi connectivity index (χ3n) is 5.59. The number of aliphatic hydroxyl groups excluding tert-OH is 1. The zero-order chi connectivity index (χ0) is 24.7. The lowest BCUT2D eigenvalue weighted by Crippen LogP contribution is -2.59. The third kappa shape index (κ3) is 5.34. The van der Waals surface area contributed by atoms with E-state index in [0.29, 0.717) is 37.6 Å². The molecule has 34 heavy (non-hydrogen) atoms. The number of likely N-dealkylation sites (tertiary alicyclic amines) is 1. The summed E-state index contributed by atoms with van der Waals surface area (Å²) in [5, 5.41) is 10.2. The van der Waals surface area contributed by atoms with Gasteiger partial charge in [-0.25, -0.2) is 19.9 Å². The average molecular weight is 483 g/mol. The van der Waals surface area contributed by atoms with Gasteiger partial charge >= 0.3 is 6.18 Å². The lowest BCUT2D eigenvalue weighted by Gasteiger charge is -2.43. The zero-order valence-corrected chi connectivity index (χ0v) is 19.5. The molecule has 2 aliphatic rings. The van der Waals surface area contributed by atoms with Crippen LogP contribution >= 0.6 is 0 Å². The quantitative estimate of drug-likeness (QED) is 0.623. The van der Waals surface area contributed by atoms with Crippen LogP contribution in [0.15, 0.2) is 18.6 Å². The van der Waals surface area contributed by atoms with Gasteiger partial charge in [0.1, 0.15) is 18.0 Å². The van der Waals surface area contributed by atoms with Crippen LogP contribution in [0.25, 0.3) is 0 Å². The molecule has 0 aliphatic carbocycles. The largest absolute Gasteiger partial charge is 0.481 e. The Morgan fingerprint density at radius 3 is 2.50 bits per heavy atom. The van der Waals surface area contributed by atoms with E-state index in [9.17, 15) is 18.3 Å². The predicted octanol–water partition coefficient (Wildman–Crippen LogP) is 2.62. The van der Waals surface area contributed by atoms with E-state index in [-0.39, 0.29) is 12.6 Å². The van der Waals surface area contributed by atoms with Crippen LogP contribution < -0.4 is 14.4 Å². The number of hydrogen-bond donors (Lipinski definition) is 1. The highest BCUT2D eigenvalue weighted by Gasteiger charge is 2.38. The molecule has 2 aliphatic heterocycles. The van der Waals surface area contributed by atoms with E-state index in [1.807, 2.05) is 20.8 Å². The summed E-state index contributed by atoms with van der Waals surface area (Å²) in [6.45, 7) is 7.25. The van der Waals surface area contributed by atoms with E-state index in [1.54, 1.807) is 9.80 Å². The summed E-state index contributed by atoms with van der Waals surface area (Å²) in [7, 11) is 1.16. The van der Waals surface area contributed by atoms with Gasteiger partial charge in [0.25, 0.3) is 0 Å². The molecular formula is C22H28F3N5O4. The van der Waals surface area contributed by atoms with Crippen LogP contribution in [-0.2, 0) is 23.9 Å². The van der Waals surface area contributed by atoms with Gasteiger partial charge in [0.15, 0.2) is 0 Å². The molecule has 4 heterocycles. The number of aliphatic hydroxyl groups is 1. The third-order valence-corrected chi connectivity index (χ3v) is 5.59. The fraction of sp³-hybridized carbons (Fsp3) is 0.591.